The molecule has 0 spiro atoms. The topological polar surface area (TPSA) is 102 Å². The van der Waals surface area contributed by atoms with Crippen LogP contribution in [0.15, 0.2) is 53.4 Å². The SMILES string of the molecule is COC(=O)C1(NC(=O)c2ccc(S(=O)(=O)N(C)c3ccccc3OC)cc2)CCCCC1. The maximum absolute atomic E-state index is 13.1. The lowest BCUT2D eigenvalue weighted by Gasteiger charge is -2.35. The molecule has 0 heterocycles. The molecule has 0 radical (unpaired) electrons. The summed E-state index contributed by atoms with van der Waals surface area (Å²) >= 11 is 0. The third-order valence-corrected chi connectivity index (χ3v) is 7.62. The third kappa shape index (κ3) is 4.57. The summed E-state index contributed by atoms with van der Waals surface area (Å²) < 4.78 is 37.5. The first-order valence-corrected chi connectivity index (χ1v) is 11.8. The second kappa shape index (κ2) is 9.60. The van der Waals surface area contributed by atoms with Crippen LogP contribution in [0.3, 0.4) is 0 Å². The number of ether oxygens (including phenoxy) is 2. The monoisotopic (exact) mass is 460 g/mol. The second-order valence-electron chi connectivity index (χ2n) is 7.76. The molecule has 0 saturated heterocycles. The Kier molecular flexibility index (Phi) is 7.08. The van der Waals surface area contributed by atoms with Crippen molar-refractivity contribution in [1.82, 2.24) is 5.32 Å². The van der Waals surface area contributed by atoms with E-state index in [0.717, 1.165) is 23.6 Å². The number of nitrogens with one attached hydrogen (secondary N) is 1. The molecule has 1 aliphatic rings. The molecule has 8 nitrogen and oxygen atoms in total. The molecule has 0 atom stereocenters. The Bertz CT molecular complexity index is 1080. The van der Waals surface area contributed by atoms with Crippen LogP contribution in [0.1, 0.15) is 42.5 Å². The van der Waals surface area contributed by atoms with Crippen LogP contribution in [-0.2, 0) is 19.6 Å². The quantitative estimate of drug-likeness (QED) is 0.637. The molecule has 9 heteroatoms. The van der Waals surface area contributed by atoms with Crippen molar-refractivity contribution in [2.75, 3.05) is 25.6 Å². The summed E-state index contributed by atoms with van der Waals surface area (Å²) in [5.74, 6) is -0.474. The van der Waals surface area contributed by atoms with Crippen LogP contribution in [0, 0.1) is 0 Å². The van der Waals surface area contributed by atoms with E-state index in [1.54, 1.807) is 24.3 Å². The van der Waals surface area contributed by atoms with Gasteiger partial charge in [0.15, 0.2) is 0 Å². The molecule has 0 aromatic heterocycles. The van der Waals surface area contributed by atoms with E-state index in [4.69, 9.17) is 9.47 Å². The Labute approximate surface area is 188 Å². The molecule has 2 aromatic carbocycles. The molecule has 1 N–H and O–H groups in total. The Hall–Kier alpha value is -3.07. The van der Waals surface area contributed by atoms with Crippen molar-refractivity contribution >= 4 is 27.6 Å². The van der Waals surface area contributed by atoms with Crippen molar-refractivity contribution in [2.24, 2.45) is 0 Å². The van der Waals surface area contributed by atoms with Gasteiger partial charge in [0.2, 0.25) is 0 Å². The summed E-state index contributed by atoms with van der Waals surface area (Å²) in [7, 11) is 0.346. The van der Waals surface area contributed by atoms with Crippen LogP contribution in [0.2, 0.25) is 0 Å². The number of sulfonamides is 1. The first-order valence-electron chi connectivity index (χ1n) is 10.4. The van der Waals surface area contributed by atoms with Gasteiger partial charge in [0.1, 0.15) is 11.3 Å². The summed E-state index contributed by atoms with van der Waals surface area (Å²) in [6, 6.07) is 12.4. The molecule has 1 fully saturated rings. The van der Waals surface area contributed by atoms with Gasteiger partial charge in [-0.15, -0.1) is 0 Å². The molecule has 0 bridgehead atoms. The predicted octanol–water partition coefficient (Wildman–Crippen LogP) is 3.13. The highest BCUT2D eigenvalue weighted by atomic mass is 32.2. The van der Waals surface area contributed by atoms with Gasteiger partial charge in [-0.2, -0.15) is 0 Å². The van der Waals surface area contributed by atoms with Gasteiger partial charge in [-0.25, -0.2) is 13.2 Å². The van der Waals surface area contributed by atoms with Crippen molar-refractivity contribution in [2.45, 2.75) is 42.5 Å². The summed E-state index contributed by atoms with van der Waals surface area (Å²) in [5.41, 5.74) is -0.384. The number of methoxy groups -OCH3 is 2. The summed E-state index contributed by atoms with van der Waals surface area (Å²) in [6.07, 6.45) is 3.67. The zero-order valence-corrected chi connectivity index (χ0v) is 19.3. The molecule has 0 aliphatic heterocycles. The van der Waals surface area contributed by atoms with Crippen LogP contribution in [-0.4, -0.2) is 47.1 Å². The Morgan fingerprint density at radius 3 is 2.19 bits per heavy atom. The fraction of sp³-hybridized carbons (Fsp3) is 0.391. The predicted molar refractivity (Wildman–Crippen MR) is 120 cm³/mol. The Morgan fingerprint density at radius 1 is 0.969 bits per heavy atom. The van der Waals surface area contributed by atoms with E-state index in [9.17, 15) is 18.0 Å². The summed E-state index contributed by atoms with van der Waals surface area (Å²) in [4.78, 5) is 25.2. The minimum Gasteiger partial charge on any atom is -0.495 e. The molecule has 1 aliphatic carbocycles. The molecule has 2 aromatic rings. The lowest BCUT2D eigenvalue weighted by molar-refractivity contribution is -0.149. The van der Waals surface area contributed by atoms with E-state index in [0.29, 0.717) is 24.3 Å². The van der Waals surface area contributed by atoms with Crippen LogP contribution < -0.4 is 14.4 Å². The molecule has 0 unspecified atom stereocenters. The van der Waals surface area contributed by atoms with Gasteiger partial charge in [0, 0.05) is 12.6 Å². The van der Waals surface area contributed by atoms with Crippen molar-refractivity contribution in [1.29, 1.82) is 0 Å². The highest BCUT2D eigenvalue weighted by molar-refractivity contribution is 7.92. The zero-order chi connectivity index (χ0) is 23.4. The number of carbonyl (C=O) groups excluding carboxylic acids is 2. The highest BCUT2D eigenvalue weighted by Crippen LogP contribution is 2.32. The van der Waals surface area contributed by atoms with Gasteiger partial charge in [-0.3, -0.25) is 9.10 Å². The summed E-state index contributed by atoms with van der Waals surface area (Å²) in [5, 5.41) is 2.83. The maximum atomic E-state index is 13.1. The Morgan fingerprint density at radius 2 is 1.59 bits per heavy atom. The minimum atomic E-state index is -3.88. The molecule has 172 valence electrons. The lowest BCUT2D eigenvalue weighted by atomic mass is 9.81. The van der Waals surface area contributed by atoms with Gasteiger partial charge in [0.05, 0.1) is 24.8 Å². The average molecular weight is 461 g/mol. The van der Waals surface area contributed by atoms with Crippen LogP contribution in [0.5, 0.6) is 5.75 Å². The van der Waals surface area contributed by atoms with Crippen LogP contribution in [0.25, 0.3) is 0 Å². The molecule has 3 rings (SSSR count). The maximum Gasteiger partial charge on any atom is 0.331 e. The van der Waals surface area contributed by atoms with Crippen molar-refractivity contribution in [3.05, 3.63) is 54.1 Å². The number of carbonyl (C=O) groups is 2. The number of amides is 1. The standard InChI is InChI=1S/C23H28N2O6S/c1-25(19-9-5-6-10-20(19)30-2)32(28,29)18-13-11-17(12-14-18)21(26)24-23(22(27)31-3)15-7-4-8-16-23/h5-6,9-14H,4,7-8,15-16H2,1-3H3,(H,24,26). The second-order valence-corrected chi connectivity index (χ2v) is 9.73. The van der Waals surface area contributed by atoms with E-state index >= 15 is 0 Å². The van der Waals surface area contributed by atoms with E-state index in [1.165, 1.54) is 45.5 Å². The van der Waals surface area contributed by atoms with Crippen molar-refractivity contribution in [3.63, 3.8) is 0 Å². The molecular weight excluding hydrogens is 432 g/mol. The fourth-order valence-corrected chi connectivity index (χ4v) is 5.18. The molecule has 32 heavy (non-hydrogen) atoms. The van der Waals surface area contributed by atoms with Gasteiger partial charge in [-0.05, 0) is 49.2 Å². The highest BCUT2D eigenvalue weighted by Gasteiger charge is 2.42. The smallest absolute Gasteiger partial charge is 0.331 e. The first-order chi connectivity index (χ1) is 15.2. The number of nitrogens with zero attached hydrogens (tertiary/aromatic N) is 1. The zero-order valence-electron chi connectivity index (χ0n) is 18.5. The van der Waals surface area contributed by atoms with Gasteiger partial charge < -0.3 is 14.8 Å². The van der Waals surface area contributed by atoms with Gasteiger partial charge in [0.25, 0.3) is 15.9 Å². The molecular formula is C23H28N2O6S. The molecule has 1 saturated carbocycles. The normalized spacial score (nSPS) is 15.5. The first kappa shape index (κ1) is 23.6. The number of esters is 1. The fourth-order valence-electron chi connectivity index (χ4n) is 3.98. The average Bonchev–Trinajstić information content (AvgIpc) is 2.83. The van der Waals surface area contributed by atoms with Crippen LogP contribution in [0.4, 0.5) is 5.69 Å². The lowest BCUT2D eigenvalue weighted by Crippen LogP contribution is -2.56. The number of hydrogen-bond donors (Lipinski definition) is 1. The molecule has 1 amide bonds. The third-order valence-electron chi connectivity index (χ3n) is 5.84. The minimum absolute atomic E-state index is 0.0304. The van der Waals surface area contributed by atoms with E-state index in [1.807, 2.05) is 0 Å². The number of anilines is 1. The number of benzene rings is 2. The van der Waals surface area contributed by atoms with Crippen molar-refractivity contribution < 1.29 is 27.5 Å². The van der Waals surface area contributed by atoms with E-state index < -0.39 is 27.4 Å². The largest absolute Gasteiger partial charge is 0.495 e. The van der Waals surface area contributed by atoms with Gasteiger partial charge >= 0.3 is 5.97 Å². The Balaban J connectivity index is 1.82. The van der Waals surface area contributed by atoms with Crippen molar-refractivity contribution in [3.8, 4) is 5.75 Å². The summed E-state index contributed by atoms with van der Waals surface area (Å²) in [6.45, 7) is 0. The number of hydrogen-bond acceptors (Lipinski definition) is 6. The van der Waals surface area contributed by atoms with Crippen LogP contribution >= 0.6 is 0 Å². The van der Waals surface area contributed by atoms with E-state index in [2.05, 4.69) is 5.32 Å². The number of para-hydroxylation sites is 2. The number of rotatable bonds is 7. The van der Waals surface area contributed by atoms with Gasteiger partial charge in [-0.1, -0.05) is 31.4 Å². The van der Waals surface area contributed by atoms with E-state index in [-0.39, 0.29) is 10.5 Å².